The van der Waals surface area contributed by atoms with Crippen LogP contribution in [0.3, 0.4) is 0 Å². The molecular weight excluding hydrogens is 212 g/mol. The van der Waals surface area contributed by atoms with Crippen molar-refractivity contribution in [3.05, 3.63) is 23.9 Å². The molecule has 1 aromatic heterocycles. The van der Waals surface area contributed by atoms with Gasteiger partial charge in [-0.1, -0.05) is 6.07 Å². The lowest BCUT2D eigenvalue weighted by Crippen LogP contribution is -2.16. The molecule has 1 saturated heterocycles. The van der Waals surface area contributed by atoms with Crippen LogP contribution in [0.4, 0.5) is 14.6 Å². The third-order valence-electron chi connectivity index (χ3n) is 2.63. The van der Waals surface area contributed by atoms with E-state index in [4.69, 9.17) is 0 Å². The molecule has 0 radical (unpaired) electrons. The van der Waals surface area contributed by atoms with Crippen LogP contribution < -0.4 is 10.6 Å². The molecular formula is C11H15F2N3. The molecule has 5 heteroatoms. The lowest BCUT2D eigenvalue weighted by atomic mass is 10.1. The number of nitrogens with one attached hydrogen (secondary N) is 2. The molecule has 0 aliphatic carbocycles. The predicted octanol–water partition coefficient (Wildman–Crippen LogP) is 2.18. The highest BCUT2D eigenvalue weighted by molar-refractivity contribution is 5.36. The van der Waals surface area contributed by atoms with Crippen LogP contribution in [0.25, 0.3) is 0 Å². The molecule has 0 spiro atoms. The maximum atomic E-state index is 12.0. The van der Waals surface area contributed by atoms with E-state index in [0.29, 0.717) is 5.82 Å². The number of hydrogen-bond donors (Lipinski definition) is 2. The van der Waals surface area contributed by atoms with E-state index < -0.39 is 6.43 Å². The molecule has 3 nitrogen and oxygen atoms in total. The highest BCUT2D eigenvalue weighted by Crippen LogP contribution is 2.22. The van der Waals surface area contributed by atoms with Crippen LogP contribution in [0.15, 0.2) is 18.2 Å². The molecule has 1 unspecified atom stereocenters. The van der Waals surface area contributed by atoms with Gasteiger partial charge in [-0.3, -0.25) is 0 Å². The number of halogens is 2. The number of pyridine rings is 1. The molecule has 0 bridgehead atoms. The van der Waals surface area contributed by atoms with Crippen LogP contribution >= 0.6 is 0 Å². The van der Waals surface area contributed by atoms with E-state index in [0.717, 1.165) is 25.1 Å². The molecule has 2 rings (SSSR count). The van der Waals surface area contributed by atoms with Crippen LogP contribution in [0.1, 0.15) is 24.6 Å². The molecule has 1 aromatic rings. The van der Waals surface area contributed by atoms with Crippen LogP contribution in [0, 0.1) is 0 Å². The third-order valence-corrected chi connectivity index (χ3v) is 2.63. The van der Waals surface area contributed by atoms with E-state index in [1.54, 1.807) is 6.07 Å². The smallest absolute Gasteiger partial charge is 0.255 e. The third kappa shape index (κ3) is 2.88. The normalized spacial score (nSPS) is 20.3. The summed E-state index contributed by atoms with van der Waals surface area (Å²) in [5.74, 6) is 0.520. The second kappa shape index (κ2) is 5.21. The average Bonchev–Trinajstić information content (AvgIpc) is 2.80. The van der Waals surface area contributed by atoms with Crippen LogP contribution in [0.2, 0.25) is 0 Å². The van der Waals surface area contributed by atoms with Crippen molar-refractivity contribution in [2.45, 2.75) is 25.3 Å². The Hall–Kier alpha value is -1.23. The minimum absolute atomic E-state index is 0.272. The number of rotatable bonds is 4. The van der Waals surface area contributed by atoms with Gasteiger partial charge < -0.3 is 10.6 Å². The van der Waals surface area contributed by atoms with E-state index in [-0.39, 0.29) is 12.6 Å². The Kier molecular flexibility index (Phi) is 3.66. The Morgan fingerprint density at radius 2 is 2.38 bits per heavy atom. The summed E-state index contributed by atoms with van der Waals surface area (Å²) < 4.78 is 24.0. The fourth-order valence-corrected chi connectivity index (χ4v) is 1.86. The van der Waals surface area contributed by atoms with Crippen molar-refractivity contribution in [1.29, 1.82) is 0 Å². The topological polar surface area (TPSA) is 37.0 Å². The quantitative estimate of drug-likeness (QED) is 0.827. The largest absolute Gasteiger partial charge is 0.364 e. The van der Waals surface area contributed by atoms with Crippen LogP contribution in [0.5, 0.6) is 0 Å². The number of alkyl halides is 2. The van der Waals surface area contributed by atoms with Gasteiger partial charge >= 0.3 is 0 Å². The summed E-state index contributed by atoms with van der Waals surface area (Å²) in [4.78, 5) is 4.32. The molecule has 1 aliphatic rings. The monoisotopic (exact) mass is 227 g/mol. The van der Waals surface area contributed by atoms with Gasteiger partial charge in [0.15, 0.2) is 0 Å². The molecule has 2 N–H and O–H groups in total. The molecule has 0 saturated carbocycles. The molecule has 1 atom stereocenters. The number of nitrogens with zero attached hydrogens (tertiary/aromatic N) is 1. The zero-order valence-electron chi connectivity index (χ0n) is 8.92. The van der Waals surface area contributed by atoms with Gasteiger partial charge in [-0.2, -0.15) is 0 Å². The lowest BCUT2D eigenvalue weighted by molar-refractivity contribution is 0.163. The van der Waals surface area contributed by atoms with Gasteiger partial charge in [0, 0.05) is 6.04 Å². The first-order valence-electron chi connectivity index (χ1n) is 5.48. The maximum absolute atomic E-state index is 12.0. The van der Waals surface area contributed by atoms with Gasteiger partial charge in [0.1, 0.15) is 5.82 Å². The Morgan fingerprint density at radius 1 is 1.50 bits per heavy atom. The van der Waals surface area contributed by atoms with Gasteiger partial charge in [-0.15, -0.1) is 0 Å². The van der Waals surface area contributed by atoms with Crippen molar-refractivity contribution in [2.24, 2.45) is 0 Å². The second-order valence-corrected chi connectivity index (χ2v) is 3.87. The zero-order chi connectivity index (χ0) is 11.4. The summed E-state index contributed by atoms with van der Waals surface area (Å²) in [6.07, 6.45) is -0.151. The number of anilines is 1. The lowest BCUT2D eigenvalue weighted by Gasteiger charge is -2.11. The standard InChI is InChI=1S/C11H15F2N3/c12-10(13)7-15-11-5-1-3-9(16-11)8-4-2-6-14-8/h1,3,5,8,10,14H,2,4,6-7H2,(H,15,16). The number of hydrogen-bond acceptors (Lipinski definition) is 3. The van der Waals surface area contributed by atoms with Crippen molar-refractivity contribution in [3.8, 4) is 0 Å². The summed E-state index contributed by atoms with van der Waals surface area (Å²) in [6.45, 7) is 0.648. The van der Waals surface area contributed by atoms with Crippen molar-refractivity contribution in [1.82, 2.24) is 10.3 Å². The van der Waals surface area contributed by atoms with Crippen molar-refractivity contribution in [3.63, 3.8) is 0 Å². The van der Waals surface area contributed by atoms with Crippen molar-refractivity contribution >= 4 is 5.82 Å². The predicted molar refractivity (Wildman–Crippen MR) is 58.7 cm³/mol. The first kappa shape index (κ1) is 11.3. The highest BCUT2D eigenvalue weighted by Gasteiger charge is 2.17. The van der Waals surface area contributed by atoms with Crippen LogP contribution in [-0.4, -0.2) is 24.5 Å². The summed E-state index contributed by atoms with van der Waals surface area (Å²) in [5.41, 5.74) is 0.928. The fourth-order valence-electron chi connectivity index (χ4n) is 1.86. The first-order chi connectivity index (χ1) is 7.75. The van der Waals surface area contributed by atoms with Gasteiger partial charge in [0.2, 0.25) is 0 Å². The average molecular weight is 227 g/mol. The SMILES string of the molecule is FC(F)CNc1cccc(C2CCCN2)n1. The van der Waals surface area contributed by atoms with E-state index in [1.165, 1.54) is 0 Å². The molecule has 1 fully saturated rings. The first-order valence-corrected chi connectivity index (χ1v) is 5.48. The molecule has 2 heterocycles. The Morgan fingerprint density at radius 3 is 3.06 bits per heavy atom. The molecule has 1 aliphatic heterocycles. The van der Waals surface area contributed by atoms with E-state index in [2.05, 4.69) is 15.6 Å². The molecule has 16 heavy (non-hydrogen) atoms. The van der Waals surface area contributed by atoms with E-state index >= 15 is 0 Å². The van der Waals surface area contributed by atoms with E-state index in [1.807, 2.05) is 12.1 Å². The molecule has 88 valence electrons. The second-order valence-electron chi connectivity index (χ2n) is 3.87. The molecule has 0 amide bonds. The minimum Gasteiger partial charge on any atom is -0.364 e. The van der Waals surface area contributed by atoms with Crippen LogP contribution in [-0.2, 0) is 0 Å². The fraction of sp³-hybridized carbons (Fsp3) is 0.545. The minimum atomic E-state index is -2.35. The van der Waals surface area contributed by atoms with Crippen molar-refractivity contribution < 1.29 is 8.78 Å². The van der Waals surface area contributed by atoms with Gasteiger partial charge in [-0.05, 0) is 31.5 Å². The highest BCUT2D eigenvalue weighted by atomic mass is 19.3. The summed E-state index contributed by atoms with van der Waals surface area (Å²) in [6, 6.07) is 5.75. The zero-order valence-corrected chi connectivity index (χ0v) is 8.92. The van der Waals surface area contributed by atoms with E-state index in [9.17, 15) is 8.78 Å². The van der Waals surface area contributed by atoms with Gasteiger partial charge in [-0.25, -0.2) is 13.8 Å². The number of aromatic nitrogens is 1. The Labute approximate surface area is 93.3 Å². The molecule has 0 aromatic carbocycles. The van der Waals surface area contributed by atoms with Crippen molar-refractivity contribution in [2.75, 3.05) is 18.4 Å². The maximum Gasteiger partial charge on any atom is 0.255 e. The summed E-state index contributed by atoms with van der Waals surface area (Å²) in [7, 11) is 0. The van der Waals surface area contributed by atoms with Gasteiger partial charge in [0.05, 0.1) is 12.2 Å². The Bertz CT molecular complexity index is 338. The summed E-state index contributed by atoms with van der Waals surface area (Å²) in [5, 5.41) is 5.95. The van der Waals surface area contributed by atoms with Gasteiger partial charge in [0.25, 0.3) is 6.43 Å². The summed E-state index contributed by atoms with van der Waals surface area (Å²) >= 11 is 0. The Balaban J connectivity index is 2.01.